The van der Waals surface area contributed by atoms with Crippen LogP contribution in [0.3, 0.4) is 0 Å². The summed E-state index contributed by atoms with van der Waals surface area (Å²) in [6.45, 7) is 6.86. The third-order valence-corrected chi connectivity index (χ3v) is 2.85. The third-order valence-electron chi connectivity index (χ3n) is 2.85. The van der Waals surface area contributed by atoms with E-state index in [1.807, 2.05) is 19.1 Å². The van der Waals surface area contributed by atoms with Crippen molar-refractivity contribution in [3.8, 4) is 5.75 Å². The maximum atomic E-state index is 11.4. The van der Waals surface area contributed by atoms with Crippen molar-refractivity contribution < 1.29 is 9.53 Å². The van der Waals surface area contributed by atoms with Crippen LogP contribution in [0.1, 0.15) is 55.1 Å². The molecule has 0 atom stereocenters. The largest absolute Gasteiger partial charge is 0.493 e. The van der Waals surface area contributed by atoms with Crippen LogP contribution in [0, 0.1) is 0 Å². The van der Waals surface area contributed by atoms with Crippen molar-refractivity contribution in [1.82, 2.24) is 0 Å². The number of rotatable bonds is 7. The van der Waals surface area contributed by atoms with E-state index < -0.39 is 0 Å². The second-order valence-corrected chi connectivity index (χ2v) is 4.42. The van der Waals surface area contributed by atoms with Crippen LogP contribution in [0.25, 0.3) is 0 Å². The Morgan fingerprint density at radius 3 is 1.94 bits per heavy atom. The minimum Gasteiger partial charge on any atom is -0.493 e. The lowest BCUT2D eigenvalue weighted by Crippen LogP contribution is -2.13. The van der Waals surface area contributed by atoms with Gasteiger partial charge in [-0.1, -0.05) is 26.7 Å². The van der Waals surface area contributed by atoms with Crippen LogP contribution in [-0.2, 0) is 12.8 Å². The van der Waals surface area contributed by atoms with Gasteiger partial charge >= 0.3 is 0 Å². The molecule has 3 heteroatoms. The second-order valence-electron chi connectivity index (χ2n) is 4.42. The number of hydrogen-bond donors (Lipinski definition) is 1. The summed E-state index contributed by atoms with van der Waals surface area (Å²) in [7, 11) is 0. The fourth-order valence-corrected chi connectivity index (χ4v) is 2.14. The first kappa shape index (κ1) is 14.6. The molecule has 0 aliphatic carbocycles. The van der Waals surface area contributed by atoms with Crippen LogP contribution >= 0.6 is 0 Å². The van der Waals surface area contributed by atoms with Gasteiger partial charge in [-0.15, -0.1) is 0 Å². The van der Waals surface area contributed by atoms with Crippen LogP contribution in [0.5, 0.6) is 5.75 Å². The summed E-state index contributed by atoms with van der Waals surface area (Å²) >= 11 is 0. The lowest BCUT2D eigenvalue weighted by Gasteiger charge is -2.16. The van der Waals surface area contributed by atoms with Gasteiger partial charge in [0.2, 0.25) is 5.91 Å². The molecule has 0 saturated heterocycles. The van der Waals surface area contributed by atoms with E-state index in [1.165, 1.54) is 0 Å². The molecule has 1 aromatic carbocycles. The number of amides is 1. The fraction of sp³-hybridized carbons (Fsp3) is 0.533. The zero-order valence-electron chi connectivity index (χ0n) is 11.6. The molecule has 0 spiro atoms. The summed E-state index contributed by atoms with van der Waals surface area (Å²) in [5.41, 5.74) is 8.17. The molecule has 3 nitrogen and oxygen atoms in total. The molecule has 1 rings (SSSR count). The molecule has 0 aliphatic rings. The van der Waals surface area contributed by atoms with Gasteiger partial charge in [0.05, 0.1) is 6.61 Å². The number of primary amides is 1. The zero-order chi connectivity index (χ0) is 13.5. The predicted octanol–water partition coefficient (Wildman–Crippen LogP) is 3.09. The Kier molecular flexibility index (Phi) is 5.69. The quantitative estimate of drug-likeness (QED) is 0.807. The van der Waals surface area contributed by atoms with Crippen LogP contribution in [0.2, 0.25) is 0 Å². The number of carbonyl (C=O) groups excluding carboxylic acids is 1. The predicted molar refractivity (Wildman–Crippen MR) is 74.1 cm³/mol. The van der Waals surface area contributed by atoms with E-state index in [1.54, 1.807) is 0 Å². The SMILES string of the molecule is CCCc1cc(C(N)=O)cc(CCC)c1OCC. The van der Waals surface area contributed by atoms with Gasteiger partial charge in [-0.05, 0) is 43.0 Å². The smallest absolute Gasteiger partial charge is 0.248 e. The molecule has 0 radical (unpaired) electrons. The van der Waals surface area contributed by atoms with Crippen molar-refractivity contribution >= 4 is 5.91 Å². The molecule has 0 bridgehead atoms. The average Bonchev–Trinajstić information content (AvgIpc) is 2.33. The molecule has 0 saturated carbocycles. The monoisotopic (exact) mass is 249 g/mol. The van der Waals surface area contributed by atoms with E-state index in [-0.39, 0.29) is 5.91 Å². The molecular formula is C15H23NO2. The Labute approximate surface area is 109 Å². The highest BCUT2D eigenvalue weighted by atomic mass is 16.5. The Hall–Kier alpha value is -1.51. The molecule has 2 N–H and O–H groups in total. The number of hydrogen-bond acceptors (Lipinski definition) is 2. The Bertz CT molecular complexity index is 386. The van der Waals surface area contributed by atoms with E-state index in [2.05, 4.69) is 13.8 Å². The van der Waals surface area contributed by atoms with Crippen molar-refractivity contribution in [1.29, 1.82) is 0 Å². The third kappa shape index (κ3) is 3.49. The van der Waals surface area contributed by atoms with Crippen molar-refractivity contribution in [2.75, 3.05) is 6.61 Å². The van der Waals surface area contributed by atoms with Crippen LogP contribution in [0.4, 0.5) is 0 Å². The minimum atomic E-state index is -0.368. The molecule has 100 valence electrons. The summed E-state index contributed by atoms with van der Waals surface area (Å²) in [6.07, 6.45) is 3.86. The van der Waals surface area contributed by atoms with Crippen molar-refractivity contribution in [2.45, 2.75) is 46.5 Å². The van der Waals surface area contributed by atoms with Gasteiger partial charge in [0.25, 0.3) is 0 Å². The molecule has 18 heavy (non-hydrogen) atoms. The molecule has 0 aliphatic heterocycles. The van der Waals surface area contributed by atoms with E-state index in [0.29, 0.717) is 12.2 Å². The van der Waals surface area contributed by atoms with Gasteiger partial charge in [-0.3, -0.25) is 4.79 Å². The molecule has 0 unspecified atom stereocenters. The second kappa shape index (κ2) is 7.04. The fourth-order valence-electron chi connectivity index (χ4n) is 2.14. The number of carbonyl (C=O) groups is 1. The summed E-state index contributed by atoms with van der Waals surface area (Å²) in [5, 5.41) is 0. The number of nitrogens with two attached hydrogens (primary N) is 1. The molecule has 1 amide bonds. The maximum absolute atomic E-state index is 11.4. The first-order valence-corrected chi connectivity index (χ1v) is 6.72. The first-order valence-electron chi connectivity index (χ1n) is 6.72. The summed E-state index contributed by atoms with van der Waals surface area (Å²) < 4.78 is 5.76. The molecule has 0 aromatic heterocycles. The number of benzene rings is 1. The molecular weight excluding hydrogens is 226 g/mol. The van der Waals surface area contributed by atoms with Crippen LogP contribution < -0.4 is 10.5 Å². The van der Waals surface area contributed by atoms with Crippen LogP contribution in [0.15, 0.2) is 12.1 Å². The van der Waals surface area contributed by atoms with Gasteiger partial charge < -0.3 is 10.5 Å². The minimum absolute atomic E-state index is 0.368. The zero-order valence-corrected chi connectivity index (χ0v) is 11.6. The summed E-state index contributed by atoms with van der Waals surface area (Å²) in [4.78, 5) is 11.4. The van der Waals surface area contributed by atoms with E-state index in [4.69, 9.17) is 10.5 Å². The number of aryl methyl sites for hydroxylation is 2. The van der Waals surface area contributed by atoms with E-state index in [9.17, 15) is 4.79 Å². The summed E-state index contributed by atoms with van der Waals surface area (Å²) in [5.74, 6) is 0.582. The summed E-state index contributed by atoms with van der Waals surface area (Å²) in [6, 6.07) is 3.74. The van der Waals surface area contributed by atoms with Gasteiger partial charge in [0, 0.05) is 5.56 Å². The topological polar surface area (TPSA) is 52.3 Å². The Balaban J connectivity index is 3.28. The molecule has 1 aromatic rings. The van der Waals surface area contributed by atoms with Gasteiger partial charge in [0.15, 0.2) is 0 Å². The van der Waals surface area contributed by atoms with Gasteiger partial charge in [-0.25, -0.2) is 0 Å². The Morgan fingerprint density at radius 2 is 1.61 bits per heavy atom. The average molecular weight is 249 g/mol. The normalized spacial score (nSPS) is 10.4. The molecule has 0 fully saturated rings. The van der Waals surface area contributed by atoms with Crippen molar-refractivity contribution in [3.05, 3.63) is 28.8 Å². The van der Waals surface area contributed by atoms with E-state index in [0.717, 1.165) is 42.6 Å². The highest BCUT2D eigenvalue weighted by Crippen LogP contribution is 2.28. The van der Waals surface area contributed by atoms with Crippen molar-refractivity contribution in [2.24, 2.45) is 5.73 Å². The molecule has 0 heterocycles. The van der Waals surface area contributed by atoms with Crippen molar-refractivity contribution in [3.63, 3.8) is 0 Å². The lowest BCUT2D eigenvalue weighted by atomic mass is 9.98. The highest BCUT2D eigenvalue weighted by Gasteiger charge is 2.13. The van der Waals surface area contributed by atoms with Gasteiger partial charge in [0.1, 0.15) is 5.75 Å². The maximum Gasteiger partial charge on any atom is 0.248 e. The van der Waals surface area contributed by atoms with Gasteiger partial charge in [-0.2, -0.15) is 0 Å². The Morgan fingerprint density at radius 1 is 1.11 bits per heavy atom. The standard InChI is InChI=1S/C15H23NO2/c1-4-7-11-9-13(15(16)17)10-12(8-5-2)14(11)18-6-3/h9-10H,4-8H2,1-3H3,(H2,16,17). The first-order chi connectivity index (χ1) is 8.63. The van der Waals surface area contributed by atoms with E-state index >= 15 is 0 Å². The van der Waals surface area contributed by atoms with Crippen LogP contribution in [-0.4, -0.2) is 12.5 Å². The number of ether oxygens (including phenoxy) is 1. The lowest BCUT2D eigenvalue weighted by molar-refractivity contribution is 0.1000. The highest BCUT2D eigenvalue weighted by molar-refractivity contribution is 5.93.